The third-order valence-electron chi connectivity index (χ3n) is 5.40. The van der Waals surface area contributed by atoms with Crippen LogP contribution in [0.4, 0.5) is 13.2 Å². The van der Waals surface area contributed by atoms with Gasteiger partial charge >= 0.3 is 6.61 Å². The van der Waals surface area contributed by atoms with E-state index in [-0.39, 0.29) is 17.2 Å². The zero-order chi connectivity index (χ0) is 23.1. The topological polar surface area (TPSA) is 75.7 Å². The molecular formula is C22H25F3N2O4S. The average Bonchev–Trinajstić information content (AvgIpc) is 2.76. The Balaban J connectivity index is 1.43. The summed E-state index contributed by atoms with van der Waals surface area (Å²) in [5, 5.41) is 2.71. The first-order valence-electron chi connectivity index (χ1n) is 10.3. The van der Waals surface area contributed by atoms with Gasteiger partial charge in [0.1, 0.15) is 11.6 Å². The molecule has 0 aromatic heterocycles. The van der Waals surface area contributed by atoms with Crippen LogP contribution in [0.2, 0.25) is 0 Å². The average molecular weight is 471 g/mol. The van der Waals surface area contributed by atoms with Gasteiger partial charge < -0.3 is 15.0 Å². The molecule has 0 atom stereocenters. The molecule has 1 heterocycles. The van der Waals surface area contributed by atoms with Crippen molar-refractivity contribution in [3.05, 3.63) is 59.9 Å². The van der Waals surface area contributed by atoms with Crippen molar-refractivity contribution in [3.63, 3.8) is 0 Å². The van der Waals surface area contributed by atoms with E-state index in [4.69, 9.17) is 0 Å². The number of hydrogen-bond acceptors (Lipinski definition) is 5. The van der Waals surface area contributed by atoms with Gasteiger partial charge in [-0.2, -0.15) is 8.78 Å². The molecule has 0 radical (unpaired) electrons. The second kappa shape index (κ2) is 10.8. The van der Waals surface area contributed by atoms with Gasteiger partial charge in [0, 0.05) is 24.7 Å². The molecular weight excluding hydrogens is 445 g/mol. The molecule has 1 fully saturated rings. The van der Waals surface area contributed by atoms with E-state index in [0.29, 0.717) is 31.1 Å². The summed E-state index contributed by atoms with van der Waals surface area (Å²) in [7, 11) is -3.33. The molecule has 0 aliphatic carbocycles. The lowest BCUT2D eigenvalue weighted by Crippen LogP contribution is -2.40. The van der Waals surface area contributed by atoms with Crippen molar-refractivity contribution >= 4 is 15.7 Å². The Morgan fingerprint density at radius 3 is 2.47 bits per heavy atom. The minimum absolute atomic E-state index is 0.0427. The highest BCUT2D eigenvalue weighted by Crippen LogP contribution is 2.20. The number of hydrogen-bond donors (Lipinski definition) is 1. The number of carbonyl (C=O) groups excluding carboxylic acids is 1. The fourth-order valence-electron chi connectivity index (χ4n) is 3.61. The Bertz CT molecular complexity index is 1010. The van der Waals surface area contributed by atoms with Crippen molar-refractivity contribution in [2.24, 2.45) is 5.92 Å². The Morgan fingerprint density at radius 2 is 1.81 bits per heavy atom. The maximum absolute atomic E-state index is 13.6. The van der Waals surface area contributed by atoms with Crippen molar-refractivity contribution < 1.29 is 31.1 Å². The number of rotatable bonds is 9. The van der Waals surface area contributed by atoms with Crippen LogP contribution in [0, 0.1) is 11.7 Å². The van der Waals surface area contributed by atoms with Gasteiger partial charge in [-0.3, -0.25) is 4.79 Å². The largest absolute Gasteiger partial charge is 0.435 e. The quantitative estimate of drug-likeness (QED) is 0.609. The van der Waals surface area contributed by atoms with Crippen molar-refractivity contribution in [3.8, 4) is 5.75 Å². The zero-order valence-electron chi connectivity index (χ0n) is 17.3. The molecule has 1 N–H and O–H groups in total. The summed E-state index contributed by atoms with van der Waals surface area (Å²) in [6.45, 7) is -0.905. The maximum Gasteiger partial charge on any atom is 0.387 e. The van der Waals surface area contributed by atoms with E-state index in [1.807, 2.05) is 0 Å². The summed E-state index contributed by atoms with van der Waals surface area (Å²) < 4.78 is 67.2. The minimum Gasteiger partial charge on any atom is -0.435 e. The molecule has 1 saturated heterocycles. The van der Waals surface area contributed by atoms with Crippen LogP contribution < -0.4 is 10.1 Å². The van der Waals surface area contributed by atoms with Crippen LogP contribution in [0.15, 0.2) is 53.4 Å². The van der Waals surface area contributed by atoms with Gasteiger partial charge in [0.15, 0.2) is 9.84 Å². The van der Waals surface area contributed by atoms with Crippen molar-refractivity contribution in [2.75, 3.05) is 31.9 Å². The highest BCUT2D eigenvalue weighted by Gasteiger charge is 2.22. The molecule has 32 heavy (non-hydrogen) atoms. The zero-order valence-corrected chi connectivity index (χ0v) is 18.2. The molecule has 1 aliphatic heterocycles. The lowest BCUT2D eigenvalue weighted by Gasteiger charge is -2.31. The SMILES string of the molecule is O=C(NCC1CCN(CCS(=O)(=O)c2ccccc2)CC1)c1cc(F)cc(OC(F)F)c1. The molecule has 6 nitrogen and oxygen atoms in total. The normalized spacial score (nSPS) is 15.6. The molecule has 1 amide bonds. The molecule has 3 rings (SSSR count). The lowest BCUT2D eigenvalue weighted by molar-refractivity contribution is -0.0500. The van der Waals surface area contributed by atoms with Crippen LogP contribution >= 0.6 is 0 Å². The molecule has 2 aromatic rings. The first kappa shape index (κ1) is 24.1. The van der Waals surface area contributed by atoms with Crippen molar-refractivity contribution in [1.82, 2.24) is 10.2 Å². The Labute approximate surface area is 185 Å². The molecule has 2 aromatic carbocycles. The molecule has 0 spiro atoms. The monoisotopic (exact) mass is 470 g/mol. The van der Waals surface area contributed by atoms with E-state index < -0.39 is 33.9 Å². The molecule has 0 unspecified atom stereocenters. The Kier molecular flexibility index (Phi) is 8.14. The van der Waals surface area contributed by atoms with E-state index in [2.05, 4.69) is 15.0 Å². The van der Waals surface area contributed by atoms with Crippen LogP contribution in [-0.2, 0) is 9.84 Å². The standard InChI is InChI=1S/C22H25F3N2O4S/c23-18-12-17(13-19(14-18)31-22(24)25)21(28)26-15-16-6-8-27(9-7-16)10-11-32(29,30)20-4-2-1-3-5-20/h1-5,12-14,16,22H,6-11,15H2,(H,26,28). The number of nitrogens with one attached hydrogen (secondary N) is 1. The summed E-state index contributed by atoms with van der Waals surface area (Å²) >= 11 is 0. The smallest absolute Gasteiger partial charge is 0.387 e. The van der Waals surface area contributed by atoms with Crippen LogP contribution in [0.25, 0.3) is 0 Å². The highest BCUT2D eigenvalue weighted by atomic mass is 32.2. The van der Waals surface area contributed by atoms with Crippen molar-refractivity contribution in [1.29, 1.82) is 0 Å². The number of carbonyl (C=O) groups is 1. The third kappa shape index (κ3) is 6.96. The second-order valence-corrected chi connectivity index (χ2v) is 9.79. The van der Waals surface area contributed by atoms with Crippen molar-refractivity contribution in [2.45, 2.75) is 24.3 Å². The first-order valence-corrected chi connectivity index (χ1v) is 11.9. The van der Waals surface area contributed by atoms with Crippen LogP contribution in [-0.4, -0.2) is 57.8 Å². The Hall–Kier alpha value is -2.59. The van der Waals surface area contributed by atoms with Gasteiger partial charge in [0.25, 0.3) is 5.91 Å². The summed E-state index contributed by atoms with van der Waals surface area (Å²) in [6.07, 6.45) is 1.54. The van der Waals surface area contributed by atoms with E-state index in [0.717, 1.165) is 31.0 Å². The molecule has 1 aliphatic rings. The number of likely N-dealkylation sites (tertiary alicyclic amines) is 1. The number of alkyl halides is 2. The first-order chi connectivity index (χ1) is 15.2. The number of amides is 1. The summed E-state index contributed by atoms with van der Waals surface area (Å²) in [4.78, 5) is 14.7. The fourth-order valence-corrected chi connectivity index (χ4v) is 4.92. The lowest BCUT2D eigenvalue weighted by atomic mass is 9.96. The molecule has 10 heteroatoms. The van der Waals surface area contributed by atoms with Gasteiger partial charge in [-0.1, -0.05) is 18.2 Å². The van der Waals surface area contributed by atoms with Gasteiger partial charge in [-0.05, 0) is 56.1 Å². The Morgan fingerprint density at radius 1 is 1.12 bits per heavy atom. The van der Waals surface area contributed by atoms with Gasteiger partial charge in [0.2, 0.25) is 0 Å². The minimum atomic E-state index is -3.33. The number of piperidine rings is 1. The second-order valence-electron chi connectivity index (χ2n) is 7.68. The number of nitrogens with zero attached hydrogens (tertiary/aromatic N) is 1. The highest BCUT2D eigenvalue weighted by molar-refractivity contribution is 7.91. The number of sulfone groups is 1. The van der Waals surface area contributed by atoms with Gasteiger partial charge in [-0.25, -0.2) is 12.8 Å². The van der Waals surface area contributed by atoms with Crippen LogP contribution in [0.3, 0.4) is 0 Å². The van der Waals surface area contributed by atoms with E-state index in [1.54, 1.807) is 30.3 Å². The number of halogens is 3. The van der Waals surface area contributed by atoms with E-state index in [9.17, 15) is 26.4 Å². The fraction of sp³-hybridized carbons (Fsp3) is 0.409. The predicted octanol–water partition coefficient (Wildman–Crippen LogP) is 3.34. The van der Waals surface area contributed by atoms with E-state index in [1.165, 1.54) is 0 Å². The van der Waals surface area contributed by atoms with Gasteiger partial charge in [-0.15, -0.1) is 0 Å². The van der Waals surface area contributed by atoms with E-state index >= 15 is 0 Å². The molecule has 174 valence electrons. The number of benzene rings is 2. The van der Waals surface area contributed by atoms with Crippen LogP contribution in [0.1, 0.15) is 23.2 Å². The van der Waals surface area contributed by atoms with Crippen LogP contribution in [0.5, 0.6) is 5.75 Å². The number of ether oxygens (including phenoxy) is 1. The summed E-state index contributed by atoms with van der Waals surface area (Å²) in [5.74, 6) is -1.59. The summed E-state index contributed by atoms with van der Waals surface area (Å²) in [5.41, 5.74) is -0.0933. The predicted molar refractivity (Wildman–Crippen MR) is 113 cm³/mol. The maximum atomic E-state index is 13.6. The summed E-state index contributed by atoms with van der Waals surface area (Å²) in [6, 6.07) is 11.2. The molecule has 0 bridgehead atoms. The third-order valence-corrected chi connectivity index (χ3v) is 7.11. The van der Waals surface area contributed by atoms with Gasteiger partial charge in [0.05, 0.1) is 10.6 Å². The molecule has 0 saturated carbocycles.